The van der Waals surface area contributed by atoms with E-state index in [2.05, 4.69) is 15.9 Å². The summed E-state index contributed by atoms with van der Waals surface area (Å²) in [5.74, 6) is -0.668. The summed E-state index contributed by atoms with van der Waals surface area (Å²) in [4.78, 5) is 13.2. The number of hydrogen-bond acceptors (Lipinski definition) is 3. The predicted octanol–water partition coefficient (Wildman–Crippen LogP) is 3.51. The molecular formula is C17H18BrFN2O2. The van der Waals surface area contributed by atoms with E-state index >= 15 is 0 Å². The van der Waals surface area contributed by atoms with Crippen LogP contribution in [0.2, 0.25) is 0 Å². The highest BCUT2D eigenvalue weighted by atomic mass is 79.9. The zero-order valence-corrected chi connectivity index (χ0v) is 14.6. The lowest BCUT2D eigenvalue weighted by Gasteiger charge is -2.22. The molecule has 0 bridgehead atoms. The van der Waals surface area contributed by atoms with E-state index < -0.39 is 11.7 Å². The quantitative estimate of drug-likeness (QED) is 0.833. The minimum atomic E-state index is -0.795. The molecule has 0 aliphatic carbocycles. The monoisotopic (exact) mass is 380 g/mol. The molecule has 0 fully saturated rings. The maximum absolute atomic E-state index is 14.0. The van der Waals surface area contributed by atoms with Crippen molar-refractivity contribution in [3.05, 3.63) is 57.8 Å². The molecule has 2 aromatic rings. The molecular weight excluding hydrogens is 363 g/mol. The van der Waals surface area contributed by atoms with Crippen molar-refractivity contribution in [2.24, 2.45) is 5.73 Å². The Hall–Kier alpha value is -2.08. The van der Waals surface area contributed by atoms with Gasteiger partial charge in [0.2, 0.25) is 0 Å². The van der Waals surface area contributed by atoms with Crippen LogP contribution in [0.5, 0.6) is 5.75 Å². The molecule has 1 amide bonds. The van der Waals surface area contributed by atoms with Crippen LogP contribution in [0.25, 0.3) is 0 Å². The SMILES string of the molecule is Cc1cccc(OCCN(C)c2cc(Br)cc(F)c2C(N)=O)c1. The van der Waals surface area contributed by atoms with Crippen molar-refractivity contribution in [2.45, 2.75) is 6.92 Å². The average Bonchev–Trinajstić information content (AvgIpc) is 2.45. The van der Waals surface area contributed by atoms with Crippen molar-refractivity contribution in [2.75, 3.05) is 25.1 Å². The minimum absolute atomic E-state index is 0.119. The second kappa shape index (κ2) is 7.46. The predicted molar refractivity (Wildman–Crippen MR) is 92.6 cm³/mol. The maximum Gasteiger partial charge on any atom is 0.253 e. The number of likely N-dealkylation sites (N-methyl/N-ethyl adjacent to an activating group) is 1. The maximum atomic E-state index is 14.0. The van der Waals surface area contributed by atoms with E-state index in [1.807, 2.05) is 31.2 Å². The van der Waals surface area contributed by atoms with Gasteiger partial charge in [0.15, 0.2) is 0 Å². The summed E-state index contributed by atoms with van der Waals surface area (Å²) in [5, 5.41) is 0. The minimum Gasteiger partial charge on any atom is -0.492 e. The van der Waals surface area contributed by atoms with Crippen LogP contribution >= 0.6 is 15.9 Å². The molecule has 2 N–H and O–H groups in total. The number of aryl methyl sites for hydroxylation is 1. The zero-order valence-electron chi connectivity index (χ0n) is 13.0. The third-order valence-electron chi connectivity index (χ3n) is 3.38. The van der Waals surface area contributed by atoms with Gasteiger partial charge in [0.1, 0.15) is 18.2 Å². The van der Waals surface area contributed by atoms with Crippen LogP contribution in [0.4, 0.5) is 10.1 Å². The van der Waals surface area contributed by atoms with Gasteiger partial charge in [0.05, 0.1) is 17.8 Å². The number of nitrogens with zero attached hydrogens (tertiary/aromatic N) is 1. The van der Waals surface area contributed by atoms with Crippen LogP contribution < -0.4 is 15.4 Å². The van der Waals surface area contributed by atoms with Gasteiger partial charge < -0.3 is 15.4 Å². The molecule has 4 nitrogen and oxygen atoms in total. The summed E-state index contributed by atoms with van der Waals surface area (Å²) < 4.78 is 20.2. The van der Waals surface area contributed by atoms with Crippen LogP contribution in [-0.4, -0.2) is 26.1 Å². The molecule has 0 spiro atoms. The highest BCUT2D eigenvalue weighted by Crippen LogP contribution is 2.27. The van der Waals surface area contributed by atoms with Crippen molar-refractivity contribution in [3.8, 4) is 5.75 Å². The van der Waals surface area contributed by atoms with Crippen LogP contribution in [0.3, 0.4) is 0 Å². The molecule has 0 aliphatic rings. The average molecular weight is 381 g/mol. The summed E-state index contributed by atoms with van der Waals surface area (Å²) in [6, 6.07) is 10.6. The van der Waals surface area contributed by atoms with Crippen molar-refractivity contribution < 1.29 is 13.9 Å². The van der Waals surface area contributed by atoms with Crippen LogP contribution in [0, 0.1) is 12.7 Å². The highest BCUT2D eigenvalue weighted by molar-refractivity contribution is 9.10. The first-order valence-corrected chi connectivity index (χ1v) is 7.87. The van der Waals surface area contributed by atoms with Gasteiger partial charge in [-0.15, -0.1) is 0 Å². The first-order chi connectivity index (χ1) is 10.9. The Kier molecular flexibility index (Phi) is 5.60. The molecule has 122 valence electrons. The smallest absolute Gasteiger partial charge is 0.253 e. The van der Waals surface area contributed by atoms with Crippen molar-refractivity contribution in [1.29, 1.82) is 0 Å². The van der Waals surface area contributed by atoms with E-state index in [9.17, 15) is 9.18 Å². The number of carbonyl (C=O) groups excluding carboxylic acids is 1. The fourth-order valence-corrected chi connectivity index (χ4v) is 2.65. The van der Waals surface area contributed by atoms with Crippen LogP contribution in [0.1, 0.15) is 15.9 Å². The number of hydrogen-bond donors (Lipinski definition) is 1. The summed E-state index contributed by atoms with van der Waals surface area (Å²) in [6.07, 6.45) is 0. The van der Waals surface area contributed by atoms with Crippen LogP contribution in [0.15, 0.2) is 40.9 Å². The van der Waals surface area contributed by atoms with Gasteiger partial charge in [-0.1, -0.05) is 28.1 Å². The third kappa shape index (κ3) is 4.45. The number of benzene rings is 2. The molecule has 0 aliphatic heterocycles. The van der Waals surface area contributed by atoms with Gasteiger partial charge in [0.25, 0.3) is 5.91 Å². The van der Waals surface area contributed by atoms with E-state index in [1.165, 1.54) is 6.07 Å². The second-order valence-corrected chi connectivity index (χ2v) is 6.15. The Morgan fingerprint density at radius 2 is 2.09 bits per heavy atom. The van der Waals surface area contributed by atoms with E-state index in [1.54, 1.807) is 18.0 Å². The van der Waals surface area contributed by atoms with Gasteiger partial charge in [-0.25, -0.2) is 4.39 Å². The molecule has 0 heterocycles. The molecule has 0 atom stereocenters. The third-order valence-corrected chi connectivity index (χ3v) is 3.83. The topological polar surface area (TPSA) is 55.6 Å². The number of carbonyl (C=O) groups is 1. The van der Waals surface area contributed by atoms with E-state index in [4.69, 9.17) is 10.5 Å². The van der Waals surface area contributed by atoms with E-state index in [0.29, 0.717) is 23.3 Å². The Labute approximate surface area is 143 Å². The molecule has 2 aromatic carbocycles. The molecule has 23 heavy (non-hydrogen) atoms. The Morgan fingerprint density at radius 3 is 2.74 bits per heavy atom. The van der Waals surface area contributed by atoms with Gasteiger partial charge in [0, 0.05) is 11.5 Å². The fourth-order valence-electron chi connectivity index (χ4n) is 2.23. The second-order valence-electron chi connectivity index (χ2n) is 5.23. The summed E-state index contributed by atoms with van der Waals surface area (Å²) >= 11 is 3.23. The molecule has 0 radical (unpaired) electrons. The number of primary amides is 1. The molecule has 0 saturated carbocycles. The summed E-state index contributed by atoms with van der Waals surface area (Å²) in [7, 11) is 1.76. The molecule has 6 heteroatoms. The normalized spacial score (nSPS) is 10.4. The number of rotatable bonds is 6. The van der Waals surface area contributed by atoms with E-state index in [0.717, 1.165) is 11.3 Å². The lowest BCUT2D eigenvalue weighted by atomic mass is 10.1. The summed E-state index contributed by atoms with van der Waals surface area (Å²) in [5.41, 5.74) is 6.71. The number of halogens is 2. The van der Waals surface area contributed by atoms with Gasteiger partial charge in [-0.05, 0) is 36.8 Å². The van der Waals surface area contributed by atoms with Gasteiger partial charge in [-0.2, -0.15) is 0 Å². The van der Waals surface area contributed by atoms with Gasteiger partial charge in [-0.3, -0.25) is 4.79 Å². The van der Waals surface area contributed by atoms with Crippen molar-refractivity contribution >= 4 is 27.5 Å². The van der Waals surface area contributed by atoms with Crippen LogP contribution in [-0.2, 0) is 0 Å². The Bertz CT molecular complexity index is 722. The summed E-state index contributed by atoms with van der Waals surface area (Å²) in [6.45, 7) is 2.86. The lowest BCUT2D eigenvalue weighted by molar-refractivity contribution is 0.0997. The fraction of sp³-hybridized carbons (Fsp3) is 0.235. The highest BCUT2D eigenvalue weighted by Gasteiger charge is 2.18. The van der Waals surface area contributed by atoms with E-state index in [-0.39, 0.29) is 5.56 Å². The standard InChI is InChI=1S/C17H18BrFN2O2/c1-11-4-3-5-13(8-11)23-7-6-21(2)15-10-12(18)9-14(19)16(15)17(20)22/h3-5,8-10H,6-7H2,1-2H3,(H2,20,22). The number of anilines is 1. The molecule has 0 unspecified atom stereocenters. The molecule has 2 rings (SSSR count). The first-order valence-electron chi connectivity index (χ1n) is 7.08. The number of nitrogens with two attached hydrogens (primary N) is 1. The van der Waals surface area contributed by atoms with Gasteiger partial charge >= 0.3 is 0 Å². The molecule has 0 aromatic heterocycles. The number of amides is 1. The zero-order chi connectivity index (χ0) is 17.0. The lowest BCUT2D eigenvalue weighted by Crippen LogP contribution is -2.27. The Morgan fingerprint density at radius 1 is 1.35 bits per heavy atom. The largest absolute Gasteiger partial charge is 0.492 e. The van der Waals surface area contributed by atoms with Crippen molar-refractivity contribution in [3.63, 3.8) is 0 Å². The van der Waals surface area contributed by atoms with Crippen molar-refractivity contribution in [1.82, 2.24) is 0 Å². The number of ether oxygens (including phenoxy) is 1. The Balaban J connectivity index is 2.09. The molecule has 0 saturated heterocycles. The first kappa shape index (κ1) is 17.3.